The van der Waals surface area contributed by atoms with Crippen LogP contribution >= 0.6 is 0 Å². The molecular weight excluding hydrogens is 331 g/mol. The topological polar surface area (TPSA) is 49.4 Å². The van der Waals surface area contributed by atoms with Crippen molar-refractivity contribution >= 4 is 17.5 Å². The molecule has 0 saturated heterocycles. The third kappa shape index (κ3) is 4.91. The number of carbonyl (C=O) groups is 2. The maximum atomic E-state index is 13.9. The molecule has 4 nitrogen and oxygen atoms in total. The summed E-state index contributed by atoms with van der Waals surface area (Å²) in [5, 5.41) is 2.92. The van der Waals surface area contributed by atoms with E-state index in [0.717, 1.165) is 16.8 Å². The molecule has 2 rings (SSSR count). The van der Waals surface area contributed by atoms with E-state index in [1.165, 1.54) is 17.9 Å². The van der Waals surface area contributed by atoms with Crippen molar-refractivity contribution in [3.05, 3.63) is 65.0 Å². The van der Waals surface area contributed by atoms with Crippen molar-refractivity contribution in [1.29, 1.82) is 0 Å². The lowest BCUT2D eigenvalue weighted by molar-refractivity contribution is -0.133. The molecule has 2 aromatic rings. The Balaban J connectivity index is 2.14. The van der Waals surface area contributed by atoms with Crippen molar-refractivity contribution in [2.45, 2.75) is 40.2 Å². The van der Waals surface area contributed by atoms with Crippen LogP contribution in [0.3, 0.4) is 0 Å². The van der Waals surface area contributed by atoms with E-state index in [-0.39, 0.29) is 36.6 Å². The Morgan fingerprint density at radius 2 is 1.81 bits per heavy atom. The van der Waals surface area contributed by atoms with Crippen molar-refractivity contribution in [1.82, 2.24) is 4.90 Å². The second-order valence-corrected chi connectivity index (χ2v) is 6.71. The molecule has 0 aliphatic rings. The Labute approximate surface area is 154 Å². The number of para-hydroxylation sites is 1. The summed E-state index contributed by atoms with van der Waals surface area (Å²) >= 11 is 0. The van der Waals surface area contributed by atoms with Gasteiger partial charge in [-0.05, 0) is 30.0 Å². The van der Waals surface area contributed by atoms with Gasteiger partial charge < -0.3 is 10.2 Å². The monoisotopic (exact) mass is 356 g/mol. The van der Waals surface area contributed by atoms with Crippen molar-refractivity contribution in [3.8, 4) is 0 Å². The Hall–Kier alpha value is -2.69. The molecule has 0 spiro atoms. The highest BCUT2D eigenvalue weighted by Crippen LogP contribution is 2.27. The first-order chi connectivity index (χ1) is 12.3. The van der Waals surface area contributed by atoms with Gasteiger partial charge in [0.15, 0.2) is 0 Å². The van der Waals surface area contributed by atoms with Gasteiger partial charge in [-0.2, -0.15) is 0 Å². The molecule has 0 atom stereocenters. The first kappa shape index (κ1) is 19.6. The molecular formula is C21H25FN2O2. The number of amides is 2. The third-order valence-corrected chi connectivity index (χ3v) is 4.29. The molecule has 138 valence electrons. The highest BCUT2D eigenvalue weighted by Gasteiger charge is 2.18. The van der Waals surface area contributed by atoms with Crippen molar-refractivity contribution in [2.75, 3.05) is 11.9 Å². The summed E-state index contributed by atoms with van der Waals surface area (Å²) in [6.07, 6.45) is 0. The molecule has 0 bridgehead atoms. The van der Waals surface area contributed by atoms with Crippen LogP contribution in [0.5, 0.6) is 0 Å². The molecule has 2 aromatic carbocycles. The predicted octanol–water partition coefficient (Wildman–Crippen LogP) is 4.24. The number of hydrogen-bond donors (Lipinski definition) is 1. The molecule has 0 radical (unpaired) electrons. The smallest absolute Gasteiger partial charge is 0.244 e. The summed E-state index contributed by atoms with van der Waals surface area (Å²) in [4.78, 5) is 25.8. The normalized spacial score (nSPS) is 10.7. The van der Waals surface area contributed by atoms with Gasteiger partial charge in [0.2, 0.25) is 11.8 Å². The predicted molar refractivity (Wildman–Crippen MR) is 101 cm³/mol. The Kier molecular flexibility index (Phi) is 6.50. The van der Waals surface area contributed by atoms with Crippen molar-refractivity contribution in [2.24, 2.45) is 0 Å². The van der Waals surface area contributed by atoms with E-state index in [9.17, 15) is 14.0 Å². The summed E-state index contributed by atoms with van der Waals surface area (Å²) in [5.74, 6) is -0.710. The Morgan fingerprint density at radius 3 is 2.42 bits per heavy atom. The summed E-state index contributed by atoms with van der Waals surface area (Å²) in [5.41, 5.74) is 3.17. The molecule has 2 amide bonds. The molecule has 0 saturated carbocycles. The lowest BCUT2D eigenvalue weighted by Gasteiger charge is -2.22. The summed E-state index contributed by atoms with van der Waals surface area (Å²) < 4.78 is 13.9. The zero-order valence-electron chi connectivity index (χ0n) is 15.7. The van der Waals surface area contributed by atoms with Crippen LogP contribution in [0.25, 0.3) is 0 Å². The molecule has 0 aliphatic heterocycles. The zero-order valence-corrected chi connectivity index (χ0v) is 15.7. The van der Waals surface area contributed by atoms with Gasteiger partial charge in [-0.3, -0.25) is 9.59 Å². The minimum absolute atomic E-state index is 0.0558. The fourth-order valence-electron chi connectivity index (χ4n) is 2.81. The second kappa shape index (κ2) is 8.61. The number of nitrogens with zero attached hydrogens (tertiary/aromatic N) is 1. The average Bonchev–Trinajstić information content (AvgIpc) is 2.57. The Bertz CT molecular complexity index is 802. The fraction of sp³-hybridized carbons (Fsp3) is 0.333. The average molecular weight is 356 g/mol. The molecule has 0 aliphatic carbocycles. The van der Waals surface area contributed by atoms with Crippen molar-refractivity contribution < 1.29 is 14.0 Å². The number of nitrogens with one attached hydrogen (secondary N) is 1. The minimum atomic E-state index is -0.389. The van der Waals surface area contributed by atoms with E-state index in [4.69, 9.17) is 0 Å². The van der Waals surface area contributed by atoms with E-state index in [1.54, 1.807) is 18.2 Å². The molecule has 0 heterocycles. The molecule has 0 unspecified atom stereocenters. The van der Waals surface area contributed by atoms with Crippen LogP contribution in [0, 0.1) is 12.7 Å². The van der Waals surface area contributed by atoms with Gasteiger partial charge in [0, 0.05) is 24.7 Å². The maximum absolute atomic E-state index is 13.9. The number of halogens is 1. The molecule has 26 heavy (non-hydrogen) atoms. The first-order valence-corrected chi connectivity index (χ1v) is 8.68. The number of anilines is 1. The number of carbonyl (C=O) groups excluding carboxylic acids is 2. The van der Waals surface area contributed by atoms with E-state index in [2.05, 4.69) is 19.2 Å². The van der Waals surface area contributed by atoms with Crippen LogP contribution in [0.15, 0.2) is 42.5 Å². The van der Waals surface area contributed by atoms with E-state index in [1.807, 2.05) is 25.1 Å². The number of rotatable bonds is 6. The van der Waals surface area contributed by atoms with Gasteiger partial charge in [-0.15, -0.1) is 0 Å². The minimum Gasteiger partial charge on any atom is -0.329 e. The van der Waals surface area contributed by atoms with Crippen LogP contribution in [0.1, 0.15) is 43.4 Å². The molecule has 5 heteroatoms. The fourth-order valence-corrected chi connectivity index (χ4v) is 2.81. The van der Waals surface area contributed by atoms with E-state index in [0.29, 0.717) is 5.56 Å². The van der Waals surface area contributed by atoms with Gasteiger partial charge in [-0.1, -0.05) is 50.2 Å². The molecule has 0 fully saturated rings. The van der Waals surface area contributed by atoms with E-state index >= 15 is 0 Å². The quantitative estimate of drug-likeness (QED) is 0.841. The van der Waals surface area contributed by atoms with Gasteiger partial charge in [-0.25, -0.2) is 4.39 Å². The summed E-state index contributed by atoms with van der Waals surface area (Å²) in [6, 6.07) is 12.1. The number of aryl methyl sites for hydroxylation is 1. The largest absolute Gasteiger partial charge is 0.329 e. The summed E-state index contributed by atoms with van der Waals surface area (Å²) in [7, 11) is 0. The SMILES string of the molecule is CC(=O)N(CC(=O)Nc1c(C)cccc1C(C)C)Cc1ccccc1F. The zero-order chi connectivity index (χ0) is 19.3. The van der Waals surface area contributed by atoms with E-state index < -0.39 is 0 Å². The lowest BCUT2D eigenvalue weighted by atomic mass is 9.98. The van der Waals surface area contributed by atoms with Gasteiger partial charge in [0.1, 0.15) is 12.4 Å². The van der Waals surface area contributed by atoms with Crippen LogP contribution in [-0.4, -0.2) is 23.3 Å². The van der Waals surface area contributed by atoms with Crippen molar-refractivity contribution in [3.63, 3.8) is 0 Å². The number of hydrogen-bond acceptors (Lipinski definition) is 2. The van der Waals surface area contributed by atoms with Gasteiger partial charge in [0.05, 0.1) is 0 Å². The summed E-state index contributed by atoms with van der Waals surface area (Å²) in [6.45, 7) is 7.36. The molecule has 1 N–H and O–H groups in total. The number of benzene rings is 2. The second-order valence-electron chi connectivity index (χ2n) is 6.71. The van der Waals surface area contributed by atoms with Crippen LogP contribution in [-0.2, 0) is 16.1 Å². The van der Waals surface area contributed by atoms with Crippen LogP contribution in [0.4, 0.5) is 10.1 Å². The third-order valence-electron chi connectivity index (χ3n) is 4.29. The van der Waals surface area contributed by atoms with Crippen LogP contribution < -0.4 is 5.32 Å². The first-order valence-electron chi connectivity index (χ1n) is 8.68. The highest BCUT2D eigenvalue weighted by atomic mass is 19.1. The maximum Gasteiger partial charge on any atom is 0.244 e. The molecule has 0 aromatic heterocycles. The highest BCUT2D eigenvalue weighted by molar-refractivity contribution is 5.95. The lowest BCUT2D eigenvalue weighted by Crippen LogP contribution is -2.36. The van der Waals surface area contributed by atoms with Crippen LogP contribution in [0.2, 0.25) is 0 Å². The Morgan fingerprint density at radius 1 is 1.12 bits per heavy atom. The van der Waals surface area contributed by atoms with Gasteiger partial charge in [0.25, 0.3) is 0 Å². The van der Waals surface area contributed by atoms with Gasteiger partial charge >= 0.3 is 0 Å². The standard InChI is InChI=1S/C21H25FN2O2/c1-14(2)18-10-7-8-15(3)21(18)23-20(26)13-24(16(4)25)12-17-9-5-6-11-19(17)22/h5-11,14H,12-13H2,1-4H3,(H,23,26).